The molecule has 2 aromatic carbocycles. The van der Waals surface area contributed by atoms with Crippen molar-refractivity contribution in [2.45, 2.75) is 19.6 Å². The molecule has 0 saturated heterocycles. The molecule has 0 radical (unpaired) electrons. The van der Waals surface area contributed by atoms with Crippen LogP contribution in [0.5, 0.6) is 0 Å². The third-order valence-electron chi connectivity index (χ3n) is 5.77. The fraction of sp³-hybridized carbons (Fsp3) is 0.115. The van der Waals surface area contributed by atoms with E-state index in [-0.39, 0.29) is 6.54 Å². The molecule has 0 aliphatic carbocycles. The van der Waals surface area contributed by atoms with Gasteiger partial charge in [-0.25, -0.2) is 13.9 Å². The summed E-state index contributed by atoms with van der Waals surface area (Å²) in [6.07, 6.45) is -3.41. The molecule has 0 fully saturated rings. The van der Waals surface area contributed by atoms with Gasteiger partial charge in [-0.05, 0) is 53.4 Å². The Morgan fingerprint density at radius 1 is 0.943 bits per heavy atom. The Morgan fingerprint density at radius 2 is 1.66 bits per heavy atom. The van der Waals surface area contributed by atoms with E-state index in [0.717, 1.165) is 34.5 Å². The number of hydrogen-bond donors (Lipinski definition) is 0. The lowest BCUT2D eigenvalue weighted by Crippen LogP contribution is -2.23. The van der Waals surface area contributed by atoms with E-state index >= 15 is 0 Å². The molecule has 5 rings (SSSR count). The number of rotatable bonds is 4. The van der Waals surface area contributed by atoms with E-state index < -0.39 is 17.6 Å². The molecule has 5 aromatic rings. The van der Waals surface area contributed by atoms with Crippen molar-refractivity contribution < 1.29 is 13.2 Å². The Hall–Kier alpha value is -3.91. The largest absolute Gasteiger partial charge is 0.433 e. The highest BCUT2D eigenvalue weighted by Crippen LogP contribution is 2.36. The zero-order valence-electron chi connectivity index (χ0n) is 18.4. The van der Waals surface area contributed by atoms with E-state index in [1.807, 2.05) is 55.5 Å². The van der Waals surface area contributed by atoms with Crippen molar-refractivity contribution in [3.8, 4) is 22.3 Å². The first-order valence-electron chi connectivity index (χ1n) is 10.7. The lowest BCUT2D eigenvalue weighted by Gasteiger charge is -2.15. The second kappa shape index (κ2) is 8.70. The Labute approximate surface area is 203 Å². The molecule has 0 bridgehead atoms. The summed E-state index contributed by atoms with van der Waals surface area (Å²) in [5.74, 6) is 0. The van der Waals surface area contributed by atoms with Gasteiger partial charge in [-0.15, -0.1) is 5.10 Å². The zero-order chi connectivity index (χ0) is 24.7. The standard InChI is InChI=1S/C26H18ClF3N4O/c1-16-24(19-5-3-2-4-6-19)21(18-8-10-20(27)11-9-18)13-23-32-33(25(35)34(16)23)15-17-7-12-22(31-14-17)26(28,29)30/h2-14H,15H2,1H3. The van der Waals surface area contributed by atoms with Gasteiger partial charge in [0.15, 0.2) is 5.65 Å². The molecule has 0 aliphatic heterocycles. The number of pyridine rings is 2. The maximum atomic E-state index is 13.3. The average Bonchev–Trinajstić information content (AvgIpc) is 3.15. The van der Waals surface area contributed by atoms with Crippen molar-refractivity contribution in [3.63, 3.8) is 0 Å². The maximum Gasteiger partial charge on any atom is 0.433 e. The lowest BCUT2D eigenvalue weighted by molar-refractivity contribution is -0.141. The van der Waals surface area contributed by atoms with Gasteiger partial charge in [0.2, 0.25) is 0 Å². The number of alkyl halides is 3. The van der Waals surface area contributed by atoms with Crippen molar-refractivity contribution in [1.82, 2.24) is 19.2 Å². The summed E-state index contributed by atoms with van der Waals surface area (Å²) in [6, 6.07) is 21.1. The zero-order valence-corrected chi connectivity index (χ0v) is 19.2. The van der Waals surface area contributed by atoms with Crippen LogP contribution in [0.25, 0.3) is 27.9 Å². The van der Waals surface area contributed by atoms with Gasteiger partial charge in [0, 0.05) is 22.5 Å². The van der Waals surface area contributed by atoms with Crippen LogP contribution in [0.3, 0.4) is 0 Å². The minimum absolute atomic E-state index is 0.0119. The molecule has 0 saturated carbocycles. The van der Waals surface area contributed by atoms with Crippen LogP contribution in [-0.2, 0) is 12.7 Å². The van der Waals surface area contributed by atoms with Crippen LogP contribution in [0.4, 0.5) is 13.2 Å². The van der Waals surface area contributed by atoms with Crippen LogP contribution in [0, 0.1) is 6.92 Å². The monoisotopic (exact) mass is 494 g/mol. The van der Waals surface area contributed by atoms with Crippen molar-refractivity contribution >= 4 is 17.2 Å². The first-order chi connectivity index (χ1) is 16.7. The smallest absolute Gasteiger partial charge is 0.251 e. The van der Waals surface area contributed by atoms with E-state index in [1.165, 1.54) is 15.1 Å². The van der Waals surface area contributed by atoms with Crippen molar-refractivity contribution in [3.05, 3.63) is 111 Å². The van der Waals surface area contributed by atoms with Gasteiger partial charge < -0.3 is 0 Å². The molecule has 0 aliphatic rings. The van der Waals surface area contributed by atoms with E-state index in [2.05, 4.69) is 10.1 Å². The van der Waals surface area contributed by atoms with Crippen molar-refractivity contribution in [2.24, 2.45) is 0 Å². The van der Waals surface area contributed by atoms with Crippen molar-refractivity contribution in [2.75, 3.05) is 0 Å². The quantitative estimate of drug-likeness (QED) is 0.296. The van der Waals surface area contributed by atoms with Gasteiger partial charge in [0.25, 0.3) is 0 Å². The Balaban J connectivity index is 1.66. The van der Waals surface area contributed by atoms with Gasteiger partial charge in [0.1, 0.15) is 5.69 Å². The molecule has 3 heterocycles. The summed E-state index contributed by atoms with van der Waals surface area (Å²) in [5, 5.41) is 5.08. The summed E-state index contributed by atoms with van der Waals surface area (Å²) in [5.41, 5.74) is 3.78. The van der Waals surface area contributed by atoms with Crippen LogP contribution in [0.1, 0.15) is 17.0 Å². The van der Waals surface area contributed by atoms with Crippen LogP contribution in [0.15, 0.2) is 83.8 Å². The van der Waals surface area contributed by atoms with E-state index in [1.54, 1.807) is 12.1 Å². The minimum Gasteiger partial charge on any atom is -0.251 e. The van der Waals surface area contributed by atoms with E-state index in [9.17, 15) is 18.0 Å². The molecular weight excluding hydrogens is 477 g/mol. The molecule has 0 spiro atoms. The Bertz CT molecular complexity index is 1570. The van der Waals surface area contributed by atoms with Gasteiger partial charge in [-0.2, -0.15) is 13.2 Å². The highest BCUT2D eigenvalue weighted by molar-refractivity contribution is 6.30. The lowest BCUT2D eigenvalue weighted by atomic mass is 9.93. The Kier molecular flexibility index (Phi) is 5.68. The number of hydrogen-bond acceptors (Lipinski definition) is 3. The first kappa shape index (κ1) is 22.9. The van der Waals surface area contributed by atoms with Gasteiger partial charge in [0.05, 0.1) is 6.54 Å². The van der Waals surface area contributed by atoms with E-state index in [4.69, 9.17) is 11.6 Å². The average molecular weight is 495 g/mol. The molecule has 0 atom stereocenters. The van der Waals surface area contributed by atoms with Crippen LogP contribution >= 0.6 is 11.6 Å². The van der Waals surface area contributed by atoms with Crippen LogP contribution in [-0.4, -0.2) is 19.2 Å². The molecule has 0 N–H and O–H groups in total. The molecular formula is C26H18ClF3N4O. The normalized spacial score (nSPS) is 11.8. The molecule has 5 nitrogen and oxygen atoms in total. The minimum atomic E-state index is -4.53. The summed E-state index contributed by atoms with van der Waals surface area (Å²) in [7, 11) is 0. The van der Waals surface area contributed by atoms with Gasteiger partial charge in [-0.1, -0.05) is 60.1 Å². The second-order valence-corrected chi connectivity index (χ2v) is 8.51. The SMILES string of the molecule is Cc1c(-c2ccccc2)c(-c2ccc(Cl)cc2)cc2nn(Cc3ccc(C(F)(F)F)nc3)c(=O)n12. The first-order valence-corrected chi connectivity index (χ1v) is 11.1. The van der Waals surface area contributed by atoms with Crippen LogP contribution < -0.4 is 5.69 Å². The number of halogens is 4. The number of benzene rings is 2. The van der Waals surface area contributed by atoms with Gasteiger partial charge >= 0.3 is 11.9 Å². The summed E-state index contributed by atoms with van der Waals surface area (Å²) in [4.78, 5) is 16.8. The maximum absolute atomic E-state index is 13.3. The molecule has 9 heteroatoms. The predicted octanol–water partition coefficient (Wildman–Crippen LogP) is 6.25. The fourth-order valence-electron chi connectivity index (χ4n) is 4.13. The van der Waals surface area contributed by atoms with Crippen LogP contribution in [0.2, 0.25) is 5.02 Å². The topological polar surface area (TPSA) is 52.2 Å². The summed E-state index contributed by atoms with van der Waals surface area (Å²) >= 11 is 6.09. The molecule has 176 valence electrons. The Morgan fingerprint density at radius 3 is 2.29 bits per heavy atom. The third kappa shape index (κ3) is 4.33. The van der Waals surface area contributed by atoms with Crippen molar-refractivity contribution in [1.29, 1.82) is 0 Å². The predicted molar refractivity (Wildman–Crippen MR) is 128 cm³/mol. The van der Waals surface area contributed by atoms with Gasteiger partial charge in [-0.3, -0.25) is 4.98 Å². The number of nitrogens with zero attached hydrogens (tertiary/aromatic N) is 4. The number of fused-ring (bicyclic) bond motifs is 1. The molecule has 0 amide bonds. The highest BCUT2D eigenvalue weighted by Gasteiger charge is 2.32. The fourth-order valence-corrected chi connectivity index (χ4v) is 4.26. The molecule has 3 aromatic heterocycles. The highest BCUT2D eigenvalue weighted by atomic mass is 35.5. The molecule has 35 heavy (non-hydrogen) atoms. The molecule has 0 unspecified atom stereocenters. The second-order valence-electron chi connectivity index (χ2n) is 8.07. The summed E-state index contributed by atoms with van der Waals surface area (Å²) in [6.45, 7) is 1.84. The number of aryl methyl sites for hydroxylation is 1. The third-order valence-corrected chi connectivity index (χ3v) is 6.02. The van der Waals surface area contributed by atoms with E-state index in [0.29, 0.717) is 21.9 Å². The summed E-state index contributed by atoms with van der Waals surface area (Å²) < 4.78 is 41.2. The number of aromatic nitrogens is 4.